The predicted molar refractivity (Wildman–Crippen MR) is 94.6 cm³/mol. The lowest BCUT2D eigenvalue weighted by Crippen LogP contribution is -2.15. The molecule has 2 rings (SSSR count). The van der Waals surface area contributed by atoms with E-state index in [9.17, 15) is 0 Å². The number of methoxy groups -OCH3 is 4. The van der Waals surface area contributed by atoms with Gasteiger partial charge >= 0.3 is 0 Å². The molecule has 1 unspecified atom stereocenters. The summed E-state index contributed by atoms with van der Waals surface area (Å²) in [6.07, 6.45) is 0.742. The number of hydrogen-bond acceptors (Lipinski definition) is 5. The number of nitrogens with two attached hydrogens (primary N) is 1. The van der Waals surface area contributed by atoms with Gasteiger partial charge in [0.1, 0.15) is 11.5 Å². The van der Waals surface area contributed by atoms with Crippen molar-refractivity contribution in [3.8, 4) is 23.0 Å². The summed E-state index contributed by atoms with van der Waals surface area (Å²) in [6.45, 7) is 0.532. The number of ether oxygens (including phenoxy) is 4. The van der Waals surface area contributed by atoms with Crippen molar-refractivity contribution in [1.29, 1.82) is 0 Å². The zero-order chi connectivity index (χ0) is 17.5. The molecular formula is C19H25NO4. The molecule has 0 aromatic heterocycles. The van der Waals surface area contributed by atoms with Crippen molar-refractivity contribution in [3.63, 3.8) is 0 Å². The van der Waals surface area contributed by atoms with Gasteiger partial charge in [0.15, 0.2) is 11.5 Å². The second kappa shape index (κ2) is 8.45. The van der Waals surface area contributed by atoms with Crippen LogP contribution in [-0.4, -0.2) is 35.0 Å². The molecule has 0 amide bonds. The zero-order valence-electron chi connectivity index (χ0n) is 14.7. The Morgan fingerprint density at radius 3 is 1.88 bits per heavy atom. The number of hydrogen-bond donors (Lipinski definition) is 1. The first-order valence-electron chi connectivity index (χ1n) is 7.79. The lowest BCUT2D eigenvalue weighted by Gasteiger charge is -2.19. The van der Waals surface area contributed by atoms with E-state index in [1.54, 1.807) is 28.4 Å². The van der Waals surface area contributed by atoms with E-state index >= 15 is 0 Å². The van der Waals surface area contributed by atoms with Gasteiger partial charge in [-0.2, -0.15) is 0 Å². The average molecular weight is 331 g/mol. The quantitative estimate of drug-likeness (QED) is 0.805. The Kier molecular flexibility index (Phi) is 6.32. The molecule has 0 fully saturated rings. The van der Waals surface area contributed by atoms with Crippen LogP contribution in [0.25, 0.3) is 0 Å². The Morgan fingerprint density at radius 2 is 1.38 bits per heavy atom. The van der Waals surface area contributed by atoms with Crippen molar-refractivity contribution in [3.05, 3.63) is 47.5 Å². The maximum absolute atomic E-state index is 6.01. The Labute approximate surface area is 143 Å². The van der Waals surface area contributed by atoms with Crippen LogP contribution in [0.2, 0.25) is 0 Å². The van der Waals surface area contributed by atoms with Crippen molar-refractivity contribution in [2.45, 2.75) is 12.3 Å². The van der Waals surface area contributed by atoms with Gasteiger partial charge in [-0.05, 0) is 42.3 Å². The maximum Gasteiger partial charge on any atom is 0.164 e. The van der Waals surface area contributed by atoms with Gasteiger partial charge in [-0.1, -0.05) is 12.1 Å². The zero-order valence-corrected chi connectivity index (χ0v) is 14.7. The lowest BCUT2D eigenvalue weighted by atomic mass is 9.91. The highest BCUT2D eigenvalue weighted by molar-refractivity contribution is 5.51. The minimum atomic E-state index is 0.169. The standard InChI is InChI=1S/C19H25NO4/c1-21-16-7-5-13(6-8-16)15(12-20)9-14-10-18(23-3)19(24-4)11-17(14)22-2/h5-8,10-11,15H,9,12,20H2,1-4H3. The molecule has 0 spiro atoms. The van der Waals surface area contributed by atoms with Crippen molar-refractivity contribution in [1.82, 2.24) is 0 Å². The van der Waals surface area contributed by atoms with Gasteiger partial charge in [-0.25, -0.2) is 0 Å². The largest absolute Gasteiger partial charge is 0.497 e. The first-order valence-corrected chi connectivity index (χ1v) is 7.79. The van der Waals surface area contributed by atoms with Crippen LogP contribution in [0, 0.1) is 0 Å². The third-order valence-electron chi connectivity index (χ3n) is 4.12. The van der Waals surface area contributed by atoms with Gasteiger partial charge in [-0.3, -0.25) is 0 Å². The molecule has 2 aromatic rings. The van der Waals surface area contributed by atoms with Crippen molar-refractivity contribution < 1.29 is 18.9 Å². The second-order valence-electron chi connectivity index (χ2n) is 5.43. The first-order chi connectivity index (χ1) is 11.7. The molecule has 0 radical (unpaired) electrons. The van der Waals surface area contributed by atoms with Crippen LogP contribution in [0.5, 0.6) is 23.0 Å². The van der Waals surface area contributed by atoms with Crippen LogP contribution in [0.1, 0.15) is 17.0 Å². The molecule has 0 saturated heterocycles. The van der Waals surface area contributed by atoms with Gasteiger partial charge in [0.05, 0.1) is 28.4 Å². The minimum Gasteiger partial charge on any atom is -0.497 e. The molecule has 130 valence electrons. The molecule has 5 nitrogen and oxygen atoms in total. The molecule has 0 aliphatic rings. The van der Waals surface area contributed by atoms with E-state index < -0.39 is 0 Å². The molecule has 0 bridgehead atoms. The summed E-state index contributed by atoms with van der Waals surface area (Å²) in [5.41, 5.74) is 8.20. The first kappa shape index (κ1) is 17.9. The molecule has 0 aliphatic carbocycles. The van der Waals surface area contributed by atoms with Crippen LogP contribution >= 0.6 is 0 Å². The maximum atomic E-state index is 6.01. The molecule has 1 atom stereocenters. The summed E-state index contributed by atoms with van der Waals surface area (Å²) in [4.78, 5) is 0. The molecule has 2 aromatic carbocycles. The Balaban J connectivity index is 2.32. The molecule has 24 heavy (non-hydrogen) atoms. The average Bonchev–Trinajstić information content (AvgIpc) is 2.65. The third-order valence-corrected chi connectivity index (χ3v) is 4.12. The van der Waals surface area contributed by atoms with Gasteiger partial charge < -0.3 is 24.7 Å². The summed E-state index contributed by atoms with van der Waals surface area (Å²) in [6, 6.07) is 11.8. The van der Waals surface area contributed by atoms with Crippen LogP contribution in [0.3, 0.4) is 0 Å². The summed E-state index contributed by atoms with van der Waals surface area (Å²) < 4.78 is 21.5. The van der Waals surface area contributed by atoms with Crippen LogP contribution in [0.15, 0.2) is 36.4 Å². The summed E-state index contributed by atoms with van der Waals surface area (Å²) in [5, 5.41) is 0. The van der Waals surface area contributed by atoms with E-state index in [-0.39, 0.29) is 5.92 Å². The molecule has 0 aliphatic heterocycles. The SMILES string of the molecule is COc1ccc(C(CN)Cc2cc(OC)c(OC)cc2OC)cc1. The van der Waals surface area contributed by atoms with Crippen LogP contribution < -0.4 is 24.7 Å². The van der Waals surface area contributed by atoms with Gasteiger partial charge in [0.2, 0.25) is 0 Å². The molecule has 5 heteroatoms. The van der Waals surface area contributed by atoms with Crippen LogP contribution in [-0.2, 0) is 6.42 Å². The topological polar surface area (TPSA) is 62.9 Å². The summed E-state index contributed by atoms with van der Waals surface area (Å²) >= 11 is 0. The van der Waals surface area contributed by atoms with Gasteiger partial charge in [0, 0.05) is 12.0 Å². The number of rotatable bonds is 8. The fourth-order valence-electron chi connectivity index (χ4n) is 2.73. The van der Waals surface area contributed by atoms with Gasteiger partial charge in [0.25, 0.3) is 0 Å². The highest BCUT2D eigenvalue weighted by Gasteiger charge is 2.17. The molecule has 0 saturated carbocycles. The van der Waals surface area contributed by atoms with Crippen molar-refractivity contribution >= 4 is 0 Å². The van der Waals surface area contributed by atoms with E-state index in [2.05, 4.69) is 0 Å². The van der Waals surface area contributed by atoms with E-state index in [0.29, 0.717) is 18.0 Å². The Bertz CT molecular complexity index is 655. The monoisotopic (exact) mass is 331 g/mol. The second-order valence-corrected chi connectivity index (χ2v) is 5.43. The third kappa shape index (κ3) is 3.92. The van der Waals surface area contributed by atoms with E-state index in [4.69, 9.17) is 24.7 Å². The van der Waals surface area contributed by atoms with E-state index in [0.717, 1.165) is 29.0 Å². The normalized spacial score (nSPS) is 11.7. The van der Waals surface area contributed by atoms with E-state index in [1.807, 2.05) is 36.4 Å². The lowest BCUT2D eigenvalue weighted by molar-refractivity contribution is 0.347. The summed E-state index contributed by atoms with van der Waals surface area (Å²) in [5.74, 6) is 3.09. The number of benzene rings is 2. The van der Waals surface area contributed by atoms with Gasteiger partial charge in [-0.15, -0.1) is 0 Å². The van der Waals surface area contributed by atoms with Crippen molar-refractivity contribution in [2.75, 3.05) is 35.0 Å². The molecule has 2 N–H and O–H groups in total. The van der Waals surface area contributed by atoms with E-state index in [1.165, 1.54) is 0 Å². The fraction of sp³-hybridized carbons (Fsp3) is 0.368. The smallest absolute Gasteiger partial charge is 0.164 e. The highest BCUT2D eigenvalue weighted by atomic mass is 16.5. The Morgan fingerprint density at radius 1 is 0.792 bits per heavy atom. The molecular weight excluding hydrogens is 306 g/mol. The van der Waals surface area contributed by atoms with Crippen molar-refractivity contribution in [2.24, 2.45) is 5.73 Å². The highest BCUT2D eigenvalue weighted by Crippen LogP contribution is 2.36. The minimum absolute atomic E-state index is 0.169. The fourth-order valence-corrected chi connectivity index (χ4v) is 2.73. The molecule has 0 heterocycles. The Hall–Kier alpha value is -2.40. The predicted octanol–water partition coefficient (Wildman–Crippen LogP) is 3.01. The van der Waals surface area contributed by atoms with Crippen LogP contribution in [0.4, 0.5) is 0 Å². The summed E-state index contributed by atoms with van der Waals surface area (Å²) in [7, 11) is 6.54.